The molecule has 1 aromatic rings. The number of piperidine rings is 1. The number of nitrogens with zero attached hydrogens (tertiary/aromatic N) is 3. The maximum atomic E-state index is 11.6. The number of hydrogen-bond acceptors (Lipinski definition) is 6. The van der Waals surface area contributed by atoms with Crippen LogP contribution in [0, 0.1) is 6.92 Å². The molecule has 0 aliphatic carbocycles. The Morgan fingerprint density at radius 3 is 2.90 bits per heavy atom. The molecule has 1 aromatic heterocycles. The molecule has 2 heterocycles. The van der Waals surface area contributed by atoms with Crippen LogP contribution in [0.15, 0.2) is 6.07 Å². The molecule has 1 unspecified atom stereocenters. The van der Waals surface area contributed by atoms with E-state index in [-0.39, 0.29) is 5.82 Å². The Morgan fingerprint density at radius 2 is 2.29 bits per heavy atom. The fourth-order valence-electron chi connectivity index (χ4n) is 2.63. The maximum Gasteiger partial charge on any atom is 0.376 e. The second-order valence-corrected chi connectivity index (χ2v) is 5.37. The van der Waals surface area contributed by atoms with Gasteiger partial charge in [-0.25, -0.2) is 14.8 Å². The number of carbonyl (C=O) groups is 1. The van der Waals surface area contributed by atoms with Crippen molar-refractivity contribution >= 4 is 11.8 Å². The summed E-state index contributed by atoms with van der Waals surface area (Å²) in [4.78, 5) is 22.3. The third kappa shape index (κ3) is 4.14. The predicted octanol–water partition coefficient (Wildman–Crippen LogP) is 1.54. The van der Waals surface area contributed by atoms with Gasteiger partial charge in [0.25, 0.3) is 0 Å². The summed E-state index contributed by atoms with van der Waals surface area (Å²) in [7, 11) is 1.34. The molecular formula is C15H24N4O2. The number of rotatable bonds is 5. The highest BCUT2D eigenvalue weighted by molar-refractivity contribution is 5.85. The van der Waals surface area contributed by atoms with E-state index in [1.165, 1.54) is 26.4 Å². The Bertz CT molecular complexity index is 487. The Kier molecular flexibility index (Phi) is 5.50. The number of esters is 1. The molecule has 0 aromatic carbocycles. The Labute approximate surface area is 125 Å². The first kappa shape index (κ1) is 15.7. The van der Waals surface area contributed by atoms with E-state index in [4.69, 9.17) is 4.74 Å². The lowest BCUT2D eigenvalue weighted by Crippen LogP contribution is -2.44. The predicted molar refractivity (Wildman–Crippen MR) is 81.6 cm³/mol. The van der Waals surface area contributed by atoms with Crippen LogP contribution in [0.5, 0.6) is 0 Å². The lowest BCUT2D eigenvalue weighted by Gasteiger charge is -2.30. The van der Waals surface area contributed by atoms with Crippen LogP contribution in [0.25, 0.3) is 0 Å². The topological polar surface area (TPSA) is 67.4 Å². The summed E-state index contributed by atoms with van der Waals surface area (Å²) < 4.78 is 4.71. The number of anilines is 1. The van der Waals surface area contributed by atoms with Crippen molar-refractivity contribution in [3.05, 3.63) is 17.6 Å². The van der Waals surface area contributed by atoms with Gasteiger partial charge in [-0.2, -0.15) is 0 Å². The third-order valence-corrected chi connectivity index (χ3v) is 3.77. The van der Waals surface area contributed by atoms with E-state index < -0.39 is 5.97 Å². The van der Waals surface area contributed by atoms with Crippen LogP contribution in [-0.2, 0) is 4.74 Å². The first-order valence-electron chi connectivity index (χ1n) is 7.56. The van der Waals surface area contributed by atoms with Crippen LogP contribution in [-0.4, -0.2) is 48.7 Å². The number of aromatic nitrogens is 2. The van der Waals surface area contributed by atoms with Crippen molar-refractivity contribution in [3.8, 4) is 0 Å². The van der Waals surface area contributed by atoms with Crippen LogP contribution >= 0.6 is 0 Å². The van der Waals surface area contributed by atoms with Gasteiger partial charge in [0.15, 0.2) is 0 Å². The highest BCUT2D eigenvalue weighted by atomic mass is 16.5. The molecule has 1 N–H and O–H groups in total. The lowest BCUT2D eigenvalue weighted by molar-refractivity contribution is 0.0586. The first-order valence-corrected chi connectivity index (χ1v) is 7.56. The maximum absolute atomic E-state index is 11.6. The van der Waals surface area contributed by atoms with Crippen molar-refractivity contribution in [1.82, 2.24) is 15.3 Å². The molecule has 6 nitrogen and oxygen atoms in total. The van der Waals surface area contributed by atoms with Crippen LogP contribution in [0.4, 0.5) is 5.82 Å². The summed E-state index contributed by atoms with van der Waals surface area (Å²) in [5.41, 5.74) is 0.774. The summed E-state index contributed by atoms with van der Waals surface area (Å²) in [6.07, 6.45) is 3.71. The number of methoxy groups -OCH3 is 1. The number of likely N-dealkylation sites (N-methyl/N-ethyl adjacent to an activating group) is 1. The summed E-state index contributed by atoms with van der Waals surface area (Å²) in [5, 5.41) is 3.54. The highest BCUT2D eigenvalue weighted by Gasteiger charge is 2.19. The highest BCUT2D eigenvalue weighted by Crippen LogP contribution is 2.16. The monoisotopic (exact) mass is 292 g/mol. The van der Waals surface area contributed by atoms with Gasteiger partial charge < -0.3 is 15.0 Å². The molecule has 116 valence electrons. The van der Waals surface area contributed by atoms with E-state index in [1.807, 2.05) is 13.0 Å². The molecule has 1 fully saturated rings. The summed E-state index contributed by atoms with van der Waals surface area (Å²) in [6, 6.07) is 2.40. The van der Waals surface area contributed by atoms with Gasteiger partial charge in [-0.1, -0.05) is 6.42 Å². The Balaban J connectivity index is 2.16. The zero-order chi connectivity index (χ0) is 15.2. The van der Waals surface area contributed by atoms with E-state index in [9.17, 15) is 4.79 Å². The van der Waals surface area contributed by atoms with Crippen LogP contribution < -0.4 is 10.2 Å². The zero-order valence-electron chi connectivity index (χ0n) is 13.1. The van der Waals surface area contributed by atoms with Gasteiger partial charge >= 0.3 is 5.97 Å². The molecule has 2 rings (SSSR count). The van der Waals surface area contributed by atoms with Crippen LogP contribution in [0.1, 0.15) is 42.5 Å². The van der Waals surface area contributed by atoms with Crippen LogP contribution in [0.2, 0.25) is 0 Å². The Hall–Kier alpha value is -1.69. The van der Waals surface area contributed by atoms with Gasteiger partial charge in [0.05, 0.1) is 7.11 Å². The van der Waals surface area contributed by atoms with Gasteiger partial charge in [-0.15, -0.1) is 0 Å². The minimum Gasteiger partial charge on any atom is -0.463 e. The average Bonchev–Trinajstić information content (AvgIpc) is 2.52. The second-order valence-electron chi connectivity index (χ2n) is 5.37. The van der Waals surface area contributed by atoms with E-state index in [0.29, 0.717) is 6.04 Å². The summed E-state index contributed by atoms with van der Waals surface area (Å²) in [6.45, 7) is 6.78. The first-order chi connectivity index (χ1) is 10.1. The molecule has 1 atom stereocenters. The minimum atomic E-state index is -0.494. The zero-order valence-corrected chi connectivity index (χ0v) is 13.1. The van der Waals surface area contributed by atoms with Crippen molar-refractivity contribution in [2.24, 2.45) is 0 Å². The molecule has 0 bridgehead atoms. The number of carbonyl (C=O) groups excluding carboxylic acids is 1. The van der Waals surface area contributed by atoms with Crippen molar-refractivity contribution in [2.45, 2.75) is 39.2 Å². The third-order valence-electron chi connectivity index (χ3n) is 3.77. The Morgan fingerprint density at radius 1 is 1.48 bits per heavy atom. The number of ether oxygens (including phenoxy) is 1. The largest absolute Gasteiger partial charge is 0.463 e. The average molecular weight is 292 g/mol. The van der Waals surface area contributed by atoms with Gasteiger partial charge in [-0.3, -0.25) is 0 Å². The number of aryl methyl sites for hydroxylation is 1. The molecule has 6 heteroatoms. The molecule has 1 aliphatic rings. The van der Waals surface area contributed by atoms with Crippen LogP contribution in [0.3, 0.4) is 0 Å². The number of nitrogens with one attached hydrogen (secondary N) is 1. The molecule has 0 spiro atoms. The van der Waals surface area contributed by atoms with Crippen molar-refractivity contribution in [2.75, 3.05) is 31.6 Å². The molecule has 0 radical (unpaired) electrons. The van der Waals surface area contributed by atoms with Crippen molar-refractivity contribution < 1.29 is 9.53 Å². The smallest absolute Gasteiger partial charge is 0.376 e. The number of hydrogen-bond donors (Lipinski definition) is 1. The van der Waals surface area contributed by atoms with E-state index >= 15 is 0 Å². The molecule has 0 saturated carbocycles. The fraction of sp³-hybridized carbons (Fsp3) is 0.667. The van der Waals surface area contributed by atoms with Crippen molar-refractivity contribution in [1.29, 1.82) is 0 Å². The van der Waals surface area contributed by atoms with Gasteiger partial charge in [0, 0.05) is 30.9 Å². The fourth-order valence-corrected chi connectivity index (χ4v) is 2.63. The lowest BCUT2D eigenvalue weighted by atomic mass is 10.0. The molecular weight excluding hydrogens is 268 g/mol. The molecule has 1 saturated heterocycles. The quantitative estimate of drug-likeness (QED) is 0.830. The second kappa shape index (κ2) is 7.36. The minimum absolute atomic E-state index is 0.127. The summed E-state index contributed by atoms with van der Waals surface area (Å²) in [5.74, 6) is 0.423. The van der Waals surface area contributed by atoms with Crippen molar-refractivity contribution in [3.63, 3.8) is 0 Å². The SMILES string of the molecule is CCN(CC1CCCCN1)c1cc(C)nc(C(=O)OC)n1. The van der Waals surface area contributed by atoms with E-state index in [1.54, 1.807) is 0 Å². The summed E-state index contributed by atoms with van der Waals surface area (Å²) >= 11 is 0. The standard InChI is InChI=1S/C15H24N4O2/c1-4-19(10-12-7-5-6-8-16-12)13-9-11(2)17-14(18-13)15(20)21-3/h9,12,16H,4-8,10H2,1-3H3. The normalized spacial score (nSPS) is 18.3. The molecule has 21 heavy (non-hydrogen) atoms. The van der Waals surface area contributed by atoms with Gasteiger partial charge in [-0.05, 0) is 33.2 Å². The molecule has 1 aliphatic heterocycles. The van der Waals surface area contributed by atoms with E-state index in [0.717, 1.165) is 31.1 Å². The van der Waals surface area contributed by atoms with Gasteiger partial charge in [0.2, 0.25) is 5.82 Å². The van der Waals surface area contributed by atoms with E-state index in [2.05, 4.69) is 27.1 Å². The molecule has 0 amide bonds. The van der Waals surface area contributed by atoms with Gasteiger partial charge in [0.1, 0.15) is 5.82 Å².